The molecule has 2 atom stereocenters. The molecule has 2 saturated heterocycles. The van der Waals surface area contributed by atoms with Crippen molar-refractivity contribution in [2.45, 2.75) is 50.8 Å². The Labute approximate surface area is 169 Å². The second-order valence-corrected chi connectivity index (χ2v) is 10.5. The van der Waals surface area contributed by atoms with E-state index in [1.54, 1.807) is 28.6 Å². The highest BCUT2D eigenvalue weighted by Gasteiger charge is 2.31. The van der Waals surface area contributed by atoms with Crippen molar-refractivity contribution in [3.05, 3.63) is 24.3 Å². The molecule has 28 heavy (non-hydrogen) atoms. The van der Waals surface area contributed by atoms with Crippen LogP contribution in [0.3, 0.4) is 0 Å². The Bertz CT molecular complexity index is 746. The number of carbonyl (C=O) groups is 1. The summed E-state index contributed by atoms with van der Waals surface area (Å²) in [6, 6.07) is 6.57. The summed E-state index contributed by atoms with van der Waals surface area (Å²) in [5.74, 6) is 0.698. The number of rotatable bonds is 5. The summed E-state index contributed by atoms with van der Waals surface area (Å²) < 4.78 is 27.5. The summed E-state index contributed by atoms with van der Waals surface area (Å²) in [6.07, 6.45) is 5.83. The van der Waals surface area contributed by atoms with Gasteiger partial charge >= 0.3 is 0 Å². The van der Waals surface area contributed by atoms with Crippen LogP contribution in [0, 0.1) is 11.8 Å². The maximum absolute atomic E-state index is 12.9. The molecule has 0 bridgehead atoms. The first-order valence-corrected chi connectivity index (χ1v) is 11.9. The molecule has 0 aliphatic carbocycles. The molecule has 2 aliphatic heterocycles. The largest absolute Gasteiger partial charge is 0.325 e. The molecule has 2 aliphatic rings. The molecular formula is C21H33N3O3S. The Morgan fingerprint density at radius 2 is 1.57 bits per heavy atom. The van der Waals surface area contributed by atoms with Gasteiger partial charge in [-0.05, 0) is 68.5 Å². The fraction of sp³-hybridized carbons (Fsp3) is 0.667. The Morgan fingerprint density at radius 1 is 1.00 bits per heavy atom. The van der Waals surface area contributed by atoms with Crippen molar-refractivity contribution in [2.75, 3.05) is 38.0 Å². The van der Waals surface area contributed by atoms with Crippen molar-refractivity contribution >= 4 is 21.6 Å². The van der Waals surface area contributed by atoms with Gasteiger partial charge in [-0.1, -0.05) is 26.7 Å². The molecule has 2 fully saturated rings. The van der Waals surface area contributed by atoms with E-state index in [0.717, 1.165) is 32.4 Å². The van der Waals surface area contributed by atoms with E-state index < -0.39 is 10.0 Å². The van der Waals surface area contributed by atoms with Crippen molar-refractivity contribution in [1.29, 1.82) is 0 Å². The van der Waals surface area contributed by atoms with Crippen LogP contribution in [0.25, 0.3) is 0 Å². The highest BCUT2D eigenvalue weighted by molar-refractivity contribution is 7.89. The minimum Gasteiger partial charge on any atom is -0.325 e. The van der Waals surface area contributed by atoms with Crippen molar-refractivity contribution < 1.29 is 13.2 Å². The molecule has 156 valence electrons. The lowest BCUT2D eigenvalue weighted by atomic mass is 9.94. The van der Waals surface area contributed by atoms with E-state index in [9.17, 15) is 13.2 Å². The van der Waals surface area contributed by atoms with Gasteiger partial charge in [0.2, 0.25) is 15.9 Å². The molecule has 3 rings (SSSR count). The van der Waals surface area contributed by atoms with Crippen LogP contribution in [0.1, 0.15) is 46.0 Å². The number of amides is 1. The fourth-order valence-corrected chi connectivity index (χ4v) is 6.04. The number of likely N-dealkylation sites (tertiary alicyclic amines) is 1. The van der Waals surface area contributed by atoms with E-state index in [1.165, 1.54) is 12.8 Å². The number of sulfonamides is 1. The number of benzene rings is 1. The van der Waals surface area contributed by atoms with Crippen LogP contribution in [0.15, 0.2) is 29.2 Å². The normalized spacial score (nSPS) is 25.2. The lowest BCUT2D eigenvalue weighted by Gasteiger charge is -2.34. The molecule has 0 spiro atoms. The minimum atomic E-state index is -3.49. The number of nitrogens with one attached hydrogen (secondary N) is 1. The van der Waals surface area contributed by atoms with Crippen LogP contribution in [0.5, 0.6) is 0 Å². The molecule has 1 N–H and O–H groups in total. The second kappa shape index (κ2) is 9.37. The van der Waals surface area contributed by atoms with Crippen molar-refractivity contribution in [1.82, 2.24) is 9.21 Å². The predicted molar refractivity (Wildman–Crippen MR) is 112 cm³/mol. The molecule has 0 aromatic heterocycles. The average Bonchev–Trinajstić information content (AvgIpc) is 2.90. The monoisotopic (exact) mass is 407 g/mol. The smallest absolute Gasteiger partial charge is 0.243 e. The zero-order chi connectivity index (χ0) is 20.1. The Kier molecular flexibility index (Phi) is 7.12. The first-order chi connectivity index (χ1) is 13.3. The van der Waals surface area contributed by atoms with Crippen molar-refractivity contribution in [3.63, 3.8) is 0 Å². The van der Waals surface area contributed by atoms with Crippen LogP contribution in [-0.2, 0) is 14.8 Å². The number of anilines is 1. The van der Waals surface area contributed by atoms with E-state index in [0.29, 0.717) is 42.1 Å². The Balaban J connectivity index is 1.60. The molecule has 1 amide bonds. The number of nitrogens with zero attached hydrogens (tertiary/aromatic N) is 2. The summed E-state index contributed by atoms with van der Waals surface area (Å²) in [5, 5.41) is 2.89. The SMILES string of the molecule is C[C@@H]1C[C@H](C)CN(S(=O)(=O)c2ccc(NC(=O)CN3CCCCCC3)cc2)C1. The zero-order valence-electron chi connectivity index (χ0n) is 17.1. The summed E-state index contributed by atoms with van der Waals surface area (Å²) in [5.41, 5.74) is 0.638. The molecular weight excluding hydrogens is 374 g/mol. The number of hydrogen-bond donors (Lipinski definition) is 1. The first kappa shape index (κ1) is 21.3. The van der Waals surface area contributed by atoms with Gasteiger partial charge in [-0.25, -0.2) is 8.42 Å². The van der Waals surface area contributed by atoms with E-state index in [-0.39, 0.29) is 5.91 Å². The summed E-state index contributed by atoms with van der Waals surface area (Å²) >= 11 is 0. The van der Waals surface area contributed by atoms with Crippen LogP contribution in [0.4, 0.5) is 5.69 Å². The van der Waals surface area contributed by atoms with E-state index in [1.807, 2.05) is 0 Å². The fourth-order valence-electron chi connectivity index (χ4n) is 4.36. The van der Waals surface area contributed by atoms with Crippen molar-refractivity contribution in [2.24, 2.45) is 11.8 Å². The molecule has 6 nitrogen and oxygen atoms in total. The van der Waals surface area contributed by atoms with Crippen molar-refractivity contribution in [3.8, 4) is 0 Å². The van der Waals surface area contributed by atoms with Gasteiger partial charge in [-0.2, -0.15) is 4.31 Å². The predicted octanol–water partition coefficient (Wildman–Crippen LogP) is 3.17. The molecule has 0 unspecified atom stereocenters. The lowest BCUT2D eigenvalue weighted by molar-refractivity contribution is -0.117. The topological polar surface area (TPSA) is 69.7 Å². The third-order valence-electron chi connectivity index (χ3n) is 5.68. The van der Waals surface area contributed by atoms with Gasteiger partial charge in [0.25, 0.3) is 0 Å². The highest BCUT2D eigenvalue weighted by Crippen LogP contribution is 2.27. The standard InChI is InChI=1S/C21H33N3O3S/c1-17-13-18(2)15-24(14-17)28(26,27)20-9-7-19(8-10-20)22-21(25)16-23-11-5-3-4-6-12-23/h7-10,17-18H,3-6,11-16H2,1-2H3,(H,22,25)/t17-,18+. The van der Waals surface area contributed by atoms with Crippen LogP contribution < -0.4 is 5.32 Å². The highest BCUT2D eigenvalue weighted by atomic mass is 32.2. The third-order valence-corrected chi connectivity index (χ3v) is 7.52. The summed E-state index contributed by atoms with van der Waals surface area (Å²) in [7, 11) is -3.49. The number of carbonyl (C=O) groups excluding carboxylic acids is 1. The molecule has 0 saturated carbocycles. The second-order valence-electron chi connectivity index (χ2n) is 8.53. The lowest BCUT2D eigenvalue weighted by Crippen LogP contribution is -2.42. The molecule has 1 aromatic rings. The van der Waals surface area contributed by atoms with E-state index in [4.69, 9.17) is 0 Å². The Morgan fingerprint density at radius 3 is 2.14 bits per heavy atom. The average molecular weight is 408 g/mol. The Hall–Kier alpha value is -1.44. The third kappa shape index (κ3) is 5.55. The molecule has 0 radical (unpaired) electrons. The van der Waals surface area contributed by atoms with Gasteiger partial charge in [-0.15, -0.1) is 0 Å². The van der Waals surface area contributed by atoms with E-state index in [2.05, 4.69) is 24.1 Å². The molecule has 7 heteroatoms. The van der Waals surface area contributed by atoms with Gasteiger partial charge in [0.05, 0.1) is 11.4 Å². The zero-order valence-corrected chi connectivity index (χ0v) is 17.9. The first-order valence-electron chi connectivity index (χ1n) is 10.5. The number of hydrogen-bond acceptors (Lipinski definition) is 4. The quantitative estimate of drug-likeness (QED) is 0.814. The summed E-state index contributed by atoms with van der Waals surface area (Å²) in [6.45, 7) is 7.67. The van der Waals surface area contributed by atoms with E-state index >= 15 is 0 Å². The van der Waals surface area contributed by atoms with Crippen LogP contribution in [0.2, 0.25) is 0 Å². The van der Waals surface area contributed by atoms with Gasteiger partial charge in [0.1, 0.15) is 0 Å². The van der Waals surface area contributed by atoms with Crippen LogP contribution >= 0.6 is 0 Å². The van der Waals surface area contributed by atoms with Gasteiger partial charge in [0.15, 0.2) is 0 Å². The van der Waals surface area contributed by atoms with Gasteiger partial charge < -0.3 is 5.32 Å². The maximum Gasteiger partial charge on any atom is 0.243 e. The minimum absolute atomic E-state index is 0.0452. The van der Waals surface area contributed by atoms with Gasteiger partial charge in [-0.3, -0.25) is 9.69 Å². The summed E-state index contributed by atoms with van der Waals surface area (Å²) in [4.78, 5) is 14.8. The van der Waals surface area contributed by atoms with Crippen LogP contribution in [-0.4, -0.2) is 56.3 Å². The van der Waals surface area contributed by atoms with Gasteiger partial charge in [0, 0.05) is 18.8 Å². The number of piperidine rings is 1. The molecule has 1 aromatic carbocycles. The maximum atomic E-state index is 12.9. The molecule has 2 heterocycles.